The normalized spacial score (nSPS) is 15.9. The number of aromatic nitrogens is 1. The van der Waals surface area contributed by atoms with E-state index in [-0.39, 0.29) is 0 Å². The van der Waals surface area contributed by atoms with Gasteiger partial charge in [0.2, 0.25) is 0 Å². The Morgan fingerprint density at radius 2 is 2.11 bits per heavy atom. The SMILES string of the molecule is CC(C)CN(c1cccc(C(N)=S)n1)C1CCCC1. The number of nitrogens with two attached hydrogens (primary N) is 1. The van der Waals surface area contributed by atoms with Crippen LogP contribution < -0.4 is 10.6 Å². The van der Waals surface area contributed by atoms with Crippen LogP contribution in [0.2, 0.25) is 0 Å². The van der Waals surface area contributed by atoms with E-state index in [1.54, 1.807) is 0 Å². The molecule has 0 unspecified atom stereocenters. The fraction of sp³-hybridized carbons (Fsp3) is 0.600. The molecule has 1 aromatic heterocycles. The molecule has 0 amide bonds. The van der Waals surface area contributed by atoms with Crippen LogP contribution >= 0.6 is 12.2 Å². The molecular weight excluding hydrogens is 254 g/mol. The maximum atomic E-state index is 5.69. The van der Waals surface area contributed by atoms with E-state index >= 15 is 0 Å². The predicted molar refractivity (Wildman–Crippen MR) is 84.6 cm³/mol. The number of thiocarbonyl (C=S) groups is 1. The van der Waals surface area contributed by atoms with E-state index in [2.05, 4.69) is 29.8 Å². The van der Waals surface area contributed by atoms with Crippen molar-refractivity contribution in [3.63, 3.8) is 0 Å². The molecule has 1 aliphatic carbocycles. The molecule has 19 heavy (non-hydrogen) atoms. The first-order chi connectivity index (χ1) is 9.08. The number of anilines is 1. The Labute approximate surface area is 121 Å². The van der Waals surface area contributed by atoms with Gasteiger partial charge in [-0.3, -0.25) is 0 Å². The summed E-state index contributed by atoms with van der Waals surface area (Å²) in [7, 11) is 0. The standard InChI is InChI=1S/C15H23N3S/c1-11(2)10-18(12-6-3-4-7-12)14-9-5-8-13(17-14)15(16)19/h5,8-9,11-12H,3-4,6-7,10H2,1-2H3,(H2,16,19). The highest BCUT2D eigenvalue weighted by Crippen LogP contribution is 2.28. The van der Waals surface area contributed by atoms with Gasteiger partial charge in [0, 0.05) is 12.6 Å². The lowest BCUT2D eigenvalue weighted by Crippen LogP contribution is -2.37. The van der Waals surface area contributed by atoms with Gasteiger partial charge in [-0.2, -0.15) is 0 Å². The number of rotatable bonds is 5. The topological polar surface area (TPSA) is 42.1 Å². The lowest BCUT2D eigenvalue weighted by molar-refractivity contribution is 0.531. The molecule has 1 aliphatic rings. The molecule has 0 saturated heterocycles. The van der Waals surface area contributed by atoms with E-state index in [0.29, 0.717) is 16.9 Å². The van der Waals surface area contributed by atoms with E-state index in [1.165, 1.54) is 25.7 Å². The molecule has 0 radical (unpaired) electrons. The van der Waals surface area contributed by atoms with Crippen LogP contribution in [0.1, 0.15) is 45.2 Å². The van der Waals surface area contributed by atoms with Crippen molar-refractivity contribution >= 4 is 23.0 Å². The Hall–Kier alpha value is -1.16. The summed E-state index contributed by atoms with van der Waals surface area (Å²) in [5.41, 5.74) is 6.41. The van der Waals surface area contributed by atoms with Gasteiger partial charge in [0.25, 0.3) is 0 Å². The summed E-state index contributed by atoms with van der Waals surface area (Å²) in [4.78, 5) is 7.45. The molecule has 3 nitrogen and oxygen atoms in total. The smallest absolute Gasteiger partial charge is 0.129 e. The van der Waals surface area contributed by atoms with Crippen molar-refractivity contribution in [1.29, 1.82) is 0 Å². The largest absolute Gasteiger partial charge is 0.388 e. The third kappa shape index (κ3) is 3.66. The summed E-state index contributed by atoms with van der Waals surface area (Å²) in [5.74, 6) is 1.64. The van der Waals surface area contributed by atoms with Gasteiger partial charge < -0.3 is 10.6 Å². The fourth-order valence-electron chi connectivity index (χ4n) is 2.76. The first-order valence-corrected chi connectivity index (χ1v) is 7.52. The molecule has 1 heterocycles. The molecule has 2 N–H and O–H groups in total. The second kappa shape index (κ2) is 6.33. The van der Waals surface area contributed by atoms with Crippen LogP contribution in [0, 0.1) is 5.92 Å². The molecule has 1 aromatic rings. The van der Waals surface area contributed by atoms with Crippen molar-refractivity contribution in [3.05, 3.63) is 23.9 Å². The van der Waals surface area contributed by atoms with Gasteiger partial charge in [-0.1, -0.05) is 45.0 Å². The molecule has 0 aliphatic heterocycles. The molecule has 104 valence electrons. The van der Waals surface area contributed by atoms with E-state index in [0.717, 1.165) is 18.1 Å². The zero-order chi connectivity index (χ0) is 13.8. The second-order valence-corrected chi connectivity index (χ2v) is 6.17. The Kier molecular flexibility index (Phi) is 4.75. The predicted octanol–water partition coefficient (Wildman–Crippen LogP) is 3.12. The van der Waals surface area contributed by atoms with E-state index in [4.69, 9.17) is 18.0 Å². The minimum Gasteiger partial charge on any atom is -0.388 e. The van der Waals surface area contributed by atoms with Gasteiger partial charge in [-0.05, 0) is 30.9 Å². The average molecular weight is 277 g/mol. The van der Waals surface area contributed by atoms with Gasteiger partial charge in [-0.25, -0.2) is 4.98 Å². The van der Waals surface area contributed by atoms with E-state index < -0.39 is 0 Å². The molecule has 0 atom stereocenters. The molecule has 4 heteroatoms. The van der Waals surface area contributed by atoms with Crippen molar-refractivity contribution in [2.75, 3.05) is 11.4 Å². The van der Waals surface area contributed by atoms with Crippen molar-refractivity contribution in [2.24, 2.45) is 11.7 Å². The lowest BCUT2D eigenvalue weighted by atomic mass is 10.1. The van der Waals surface area contributed by atoms with Gasteiger partial charge in [0.15, 0.2) is 0 Å². The Bertz CT molecular complexity index is 439. The second-order valence-electron chi connectivity index (χ2n) is 5.73. The van der Waals surface area contributed by atoms with E-state index in [9.17, 15) is 0 Å². The van der Waals surface area contributed by atoms with Crippen molar-refractivity contribution in [2.45, 2.75) is 45.6 Å². The molecule has 1 saturated carbocycles. The highest BCUT2D eigenvalue weighted by molar-refractivity contribution is 7.80. The van der Waals surface area contributed by atoms with Crippen LogP contribution in [0.15, 0.2) is 18.2 Å². The maximum absolute atomic E-state index is 5.69. The lowest BCUT2D eigenvalue weighted by Gasteiger charge is -2.32. The van der Waals surface area contributed by atoms with Crippen LogP contribution in [0.3, 0.4) is 0 Å². The summed E-state index contributed by atoms with van der Waals surface area (Å²) < 4.78 is 0. The number of pyridine rings is 1. The maximum Gasteiger partial charge on any atom is 0.129 e. The van der Waals surface area contributed by atoms with Gasteiger partial charge in [-0.15, -0.1) is 0 Å². The monoisotopic (exact) mass is 277 g/mol. The molecule has 0 aromatic carbocycles. The number of nitrogens with zero attached hydrogens (tertiary/aromatic N) is 2. The number of hydrogen-bond acceptors (Lipinski definition) is 3. The average Bonchev–Trinajstić information content (AvgIpc) is 2.89. The minimum absolute atomic E-state index is 0.373. The minimum atomic E-state index is 0.373. The Balaban J connectivity index is 2.25. The van der Waals surface area contributed by atoms with Crippen LogP contribution in [-0.4, -0.2) is 22.6 Å². The number of hydrogen-bond donors (Lipinski definition) is 1. The molecule has 0 bridgehead atoms. The molecule has 2 rings (SSSR count). The third-order valence-corrected chi connectivity index (χ3v) is 3.82. The Morgan fingerprint density at radius 1 is 1.42 bits per heavy atom. The third-order valence-electron chi connectivity index (χ3n) is 3.61. The van der Waals surface area contributed by atoms with Crippen molar-refractivity contribution in [1.82, 2.24) is 4.98 Å². The Morgan fingerprint density at radius 3 is 2.68 bits per heavy atom. The molecule has 1 fully saturated rings. The van der Waals surface area contributed by atoms with Crippen LogP contribution in [0.5, 0.6) is 0 Å². The van der Waals surface area contributed by atoms with Crippen LogP contribution in [0.4, 0.5) is 5.82 Å². The summed E-state index contributed by atoms with van der Waals surface area (Å²) in [5, 5.41) is 0. The first kappa shape index (κ1) is 14.3. The first-order valence-electron chi connectivity index (χ1n) is 7.11. The fourth-order valence-corrected chi connectivity index (χ4v) is 2.87. The quantitative estimate of drug-likeness (QED) is 0.840. The van der Waals surface area contributed by atoms with E-state index in [1.807, 2.05) is 12.1 Å². The summed E-state index contributed by atoms with van der Waals surface area (Å²) in [6.45, 7) is 5.54. The zero-order valence-corrected chi connectivity index (χ0v) is 12.6. The van der Waals surface area contributed by atoms with Crippen LogP contribution in [0.25, 0.3) is 0 Å². The zero-order valence-electron chi connectivity index (χ0n) is 11.8. The molecule has 0 spiro atoms. The summed E-state index contributed by atoms with van der Waals surface area (Å²) >= 11 is 5.03. The highest BCUT2D eigenvalue weighted by atomic mass is 32.1. The summed E-state index contributed by atoms with van der Waals surface area (Å²) in [6, 6.07) is 6.58. The van der Waals surface area contributed by atoms with Crippen molar-refractivity contribution < 1.29 is 0 Å². The summed E-state index contributed by atoms with van der Waals surface area (Å²) in [6.07, 6.45) is 5.19. The van der Waals surface area contributed by atoms with Crippen LogP contribution in [-0.2, 0) is 0 Å². The van der Waals surface area contributed by atoms with Crippen molar-refractivity contribution in [3.8, 4) is 0 Å². The highest BCUT2D eigenvalue weighted by Gasteiger charge is 2.24. The van der Waals surface area contributed by atoms with Gasteiger partial charge in [0.05, 0.1) is 5.69 Å². The molecular formula is C15H23N3S. The van der Waals surface area contributed by atoms with Gasteiger partial charge in [0.1, 0.15) is 10.8 Å². The van der Waals surface area contributed by atoms with Gasteiger partial charge >= 0.3 is 0 Å².